The van der Waals surface area contributed by atoms with Crippen LogP contribution in [0.5, 0.6) is 11.5 Å². The number of fused-ring (bicyclic) bond motifs is 1. The first-order chi connectivity index (χ1) is 13.4. The highest BCUT2D eigenvalue weighted by atomic mass is 32.2. The summed E-state index contributed by atoms with van der Waals surface area (Å²) in [7, 11) is -2.39. The van der Waals surface area contributed by atoms with Gasteiger partial charge in [0.2, 0.25) is 10.0 Å². The van der Waals surface area contributed by atoms with Crippen molar-refractivity contribution in [3.8, 4) is 11.5 Å². The Morgan fingerprint density at radius 2 is 1.93 bits per heavy atom. The number of para-hydroxylation sites is 1. The molecule has 2 N–H and O–H groups in total. The van der Waals surface area contributed by atoms with E-state index in [1.807, 2.05) is 42.2 Å². The minimum atomic E-state index is -3.80. The van der Waals surface area contributed by atoms with E-state index in [-0.39, 0.29) is 16.4 Å². The summed E-state index contributed by atoms with van der Waals surface area (Å²) in [6.45, 7) is 4.59. The van der Waals surface area contributed by atoms with Crippen LogP contribution in [0.1, 0.15) is 39.5 Å². The fourth-order valence-electron chi connectivity index (χ4n) is 3.73. The van der Waals surface area contributed by atoms with Crippen LogP contribution >= 0.6 is 0 Å². The van der Waals surface area contributed by atoms with E-state index in [9.17, 15) is 13.5 Å². The van der Waals surface area contributed by atoms with E-state index < -0.39 is 15.6 Å². The minimum Gasteiger partial charge on any atom is -0.504 e. The fraction of sp³-hybridized carbons (Fsp3) is 0.429. The molecule has 28 heavy (non-hydrogen) atoms. The zero-order valence-corrected chi connectivity index (χ0v) is 17.4. The first-order valence-electron chi connectivity index (χ1n) is 9.63. The average molecular weight is 405 g/mol. The van der Waals surface area contributed by atoms with Crippen molar-refractivity contribution < 1.29 is 18.3 Å². The highest BCUT2D eigenvalue weighted by Gasteiger charge is 2.41. The van der Waals surface area contributed by atoms with E-state index in [2.05, 4.69) is 11.6 Å². The van der Waals surface area contributed by atoms with Gasteiger partial charge in [0.05, 0.1) is 18.3 Å². The van der Waals surface area contributed by atoms with Gasteiger partial charge in [0.25, 0.3) is 0 Å². The Bertz CT molecular complexity index is 931. The molecule has 0 amide bonds. The van der Waals surface area contributed by atoms with Gasteiger partial charge in [-0.3, -0.25) is 0 Å². The largest absolute Gasteiger partial charge is 0.504 e. The van der Waals surface area contributed by atoms with Gasteiger partial charge < -0.3 is 14.7 Å². The molecule has 152 valence electrons. The second-order valence-corrected chi connectivity index (χ2v) is 8.91. The Labute approximate surface area is 167 Å². The number of hydrogen-bond acceptors (Lipinski definition) is 5. The van der Waals surface area contributed by atoms with Crippen LogP contribution in [0.15, 0.2) is 47.4 Å². The van der Waals surface area contributed by atoms with Crippen molar-refractivity contribution >= 4 is 21.4 Å². The molecular formula is C21H28N2O4S. The predicted molar refractivity (Wildman–Crippen MR) is 111 cm³/mol. The molecule has 1 atom stereocenters. The maximum absolute atomic E-state index is 13.3. The summed E-state index contributed by atoms with van der Waals surface area (Å²) in [5.41, 5.74) is 0.720. The summed E-state index contributed by atoms with van der Waals surface area (Å²) in [4.78, 5) is 2.09. The molecule has 0 fully saturated rings. The van der Waals surface area contributed by atoms with E-state index >= 15 is 0 Å². The van der Waals surface area contributed by atoms with E-state index in [1.54, 1.807) is 0 Å². The Morgan fingerprint density at radius 1 is 1.21 bits per heavy atom. The maximum atomic E-state index is 13.3. The van der Waals surface area contributed by atoms with Crippen LogP contribution in [-0.2, 0) is 10.0 Å². The van der Waals surface area contributed by atoms with Gasteiger partial charge in [-0.05, 0) is 25.0 Å². The van der Waals surface area contributed by atoms with Gasteiger partial charge in [-0.15, -0.1) is 0 Å². The third-order valence-corrected chi connectivity index (χ3v) is 7.01. The number of anilines is 2. The van der Waals surface area contributed by atoms with Gasteiger partial charge in [-0.1, -0.05) is 44.9 Å². The Kier molecular flexibility index (Phi) is 5.86. The maximum Gasteiger partial charge on any atom is 0.243 e. The van der Waals surface area contributed by atoms with Crippen LogP contribution in [0, 0.1) is 0 Å². The van der Waals surface area contributed by atoms with Gasteiger partial charge >= 0.3 is 0 Å². The number of sulfonamides is 1. The number of aromatic hydroxyl groups is 1. The number of phenols is 1. The molecular weight excluding hydrogens is 376 g/mol. The van der Waals surface area contributed by atoms with Crippen molar-refractivity contribution in [1.82, 2.24) is 4.72 Å². The van der Waals surface area contributed by atoms with Crippen LogP contribution in [0.4, 0.5) is 11.4 Å². The molecule has 7 heteroatoms. The van der Waals surface area contributed by atoms with Crippen molar-refractivity contribution in [2.45, 2.75) is 50.0 Å². The smallest absolute Gasteiger partial charge is 0.243 e. The summed E-state index contributed by atoms with van der Waals surface area (Å²) >= 11 is 0. The van der Waals surface area contributed by atoms with Crippen LogP contribution in [0.3, 0.4) is 0 Å². The van der Waals surface area contributed by atoms with Crippen molar-refractivity contribution in [1.29, 1.82) is 0 Å². The quantitative estimate of drug-likeness (QED) is 0.755. The predicted octanol–water partition coefficient (Wildman–Crippen LogP) is 4.17. The monoisotopic (exact) mass is 404 g/mol. The Hall–Kier alpha value is -2.25. The summed E-state index contributed by atoms with van der Waals surface area (Å²) in [5, 5.41) is 10.4. The standard InChI is InChI=1S/C21H28N2O4S/c1-4-6-12-21(5-2)15-23(16-10-8-7-9-11-16)17-13-18(24)19(27-3)14-20(17)28(25,26)22-21/h7-11,13-14,22,24H,4-6,12,15H2,1-3H3. The average Bonchev–Trinajstić information content (AvgIpc) is 2.79. The molecule has 6 nitrogen and oxygen atoms in total. The molecule has 0 aliphatic carbocycles. The van der Waals surface area contributed by atoms with Gasteiger partial charge in [-0.25, -0.2) is 13.1 Å². The molecule has 2 aromatic carbocycles. The number of rotatable bonds is 6. The number of benzene rings is 2. The molecule has 0 radical (unpaired) electrons. The van der Waals surface area contributed by atoms with E-state index in [4.69, 9.17) is 4.74 Å². The molecule has 1 aliphatic heterocycles. The third-order valence-electron chi connectivity index (χ3n) is 5.41. The molecule has 0 saturated carbocycles. The minimum absolute atomic E-state index is 0.0880. The van der Waals surface area contributed by atoms with Crippen molar-refractivity contribution in [3.05, 3.63) is 42.5 Å². The fourth-order valence-corrected chi connectivity index (χ4v) is 5.43. The molecule has 0 spiro atoms. The second kappa shape index (κ2) is 8.01. The molecule has 0 saturated heterocycles. The summed E-state index contributed by atoms with van der Waals surface area (Å²) in [6, 6.07) is 12.5. The molecule has 0 aromatic heterocycles. The van der Waals surface area contributed by atoms with Crippen molar-refractivity contribution in [3.63, 3.8) is 0 Å². The zero-order chi connectivity index (χ0) is 20.4. The SMILES string of the molecule is CCCCC1(CC)CN(c2ccccc2)c2cc(O)c(OC)cc2S(=O)(=O)N1. The zero-order valence-electron chi connectivity index (χ0n) is 16.6. The number of unbranched alkanes of at least 4 members (excludes halogenated alkanes) is 1. The highest BCUT2D eigenvalue weighted by molar-refractivity contribution is 7.89. The Balaban J connectivity index is 2.25. The number of nitrogens with zero attached hydrogens (tertiary/aromatic N) is 1. The lowest BCUT2D eigenvalue weighted by molar-refractivity contribution is 0.341. The van der Waals surface area contributed by atoms with Gasteiger partial charge in [0.1, 0.15) is 4.90 Å². The molecule has 1 heterocycles. The van der Waals surface area contributed by atoms with Crippen LogP contribution in [0.2, 0.25) is 0 Å². The molecule has 3 rings (SSSR count). The summed E-state index contributed by atoms with van der Waals surface area (Å²) in [5.74, 6) is 0.0460. The number of hydrogen-bond donors (Lipinski definition) is 2. The topological polar surface area (TPSA) is 78.9 Å². The van der Waals surface area contributed by atoms with Gasteiger partial charge in [0, 0.05) is 24.4 Å². The van der Waals surface area contributed by atoms with Crippen LogP contribution in [0.25, 0.3) is 0 Å². The lowest BCUT2D eigenvalue weighted by Gasteiger charge is -2.36. The summed E-state index contributed by atoms with van der Waals surface area (Å²) in [6.07, 6.45) is 3.30. The molecule has 2 aromatic rings. The highest BCUT2D eigenvalue weighted by Crippen LogP contribution is 2.43. The first kappa shape index (κ1) is 20.5. The molecule has 1 unspecified atom stereocenters. The number of ether oxygens (including phenoxy) is 1. The number of phenolic OH excluding ortho intramolecular Hbond substituents is 1. The Morgan fingerprint density at radius 3 is 2.54 bits per heavy atom. The molecule has 1 aliphatic rings. The second-order valence-electron chi connectivity index (χ2n) is 7.26. The van der Waals surface area contributed by atoms with Gasteiger partial charge in [0.15, 0.2) is 11.5 Å². The third kappa shape index (κ3) is 3.82. The van der Waals surface area contributed by atoms with Crippen molar-refractivity contribution in [2.24, 2.45) is 0 Å². The van der Waals surface area contributed by atoms with Crippen LogP contribution < -0.4 is 14.4 Å². The number of nitrogens with one attached hydrogen (secondary N) is 1. The van der Waals surface area contributed by atoms with E-state index in [1.165, 1.54) is 19.2 Å². The van der Waals surface area contributed by atoms with Crippen molar-refractivity contribution in [2.75, 3.05) is 18.6 Å². The lowest BCUT2D eigenvalue weighted by atomic mass is 9.89. The van der Waals surface area contributed by atoms with Gasteiger partial charge in [-0.2, -0.15) is 0 Å². The summed E-state index contributed by atoms with van der Waals surface area (Å²) < 4.78 is 34.8. The normalized spacial score (nSPS) is 21.0. The van der Waals surface area contributed by atoms with E-state index in [0.717, 1.165) is 24.9 Å². The first-order valence-corrected chi connectivity index (χ1v) is 11.1. The lowest BCUT2D eigenvalue weighted by Crippen LogP contribution is -2.52. The molecule has 0 bridgehead atoms. The number of methoxy groups -OCH3 is 1. The van der Waals surface area contributed by atoms with Crippen LogP contribution in [-0.4, -0.2) is 32.7 Å². The van der Waals surface area contributed by atoms with E-state index in [0.29, 0.717) is 18.7 Å².